The number of carboxylic acids is 1. The number of carbonyl (C=O) groups is 2. The molecule has 172 valence electrons. The number of hydrogen-bond donors (Lipinski definition) is 2. The van der Waals surface area contributed by atoms with Crippen molar-refractivity contribution in [2.75, 3.05) is 49.5 Å². The molecule has 1 fully saturated rings. The van der Waals surface area contributed by atoms with Crippen LogP contribution < -0.4 is 14.4 Å². The first-order valence-corrected chi connectivity index (χ1v) is 11.4. The molecule has 0 atom stereocenters. The van der Waals surface area contributed by atoms with Crippen LogP contribution in [0, 0.1) is 0 Å². The van der Waals surface area contributed by atoms with Gasteiger partial charge in [0.1, 0.15) is 5.75 Å². The second-order valence-electron chi connectivity index (χ2n) is 6.99. The lowest BCUT2D eigenvalue weighted by Gasteiger charge is -2.36. The fourth-order valence-corrected chi connectivity index (χ4v) is 4.41. The van der Waals surface area contributed by atoms with Gasteiger partial charge in [-0.2, -0.15) is 0 Å². The molecule has 32 heavy (non-hydrogen) atoms. The molecule has 0 bridgehead atoms. The second kappa shape index (κ2) is 9.77. The van der Waals surface area contributed by atoms with Gasteiger partial charge in [-0.25, -0.2) is 18.0 Å². The van der Waals surface area contributed by atoms with E-state index < -0.39 is 22.1 Å². The van der Waals surface area contributed by atoms with E-state index in [0.29, 0.717) is 37.6 Å². The average Bonchev–Trinajstić information content (AvgIpc) is 2.79. The first-order valence-electron chi connectivity index (χ1n) is 9.96. The lowest BCUT2D eigenvalue weighted by molar-refractivity contribution is 0.0696. The third-order valence-corrected chi connectivity index (χ3v) is 6.39. The van der Waals surface area contributed by atoms with Crippen molar-refractivity contribution >= 4 is 33.5 Å². The van der Waals surface area contributed by atoms with Gasteiger partial charge in [-0.15, -0.1) is 0 Å². The lowest BCUT2D eigenvalue weighted by Crippen LogP contribution is -2.49. The summed E-state index contributed by atoms with van der Waals surface area (Å²) in [5.41, 5.74) is 0.546. The molecule has 1 heterocycles. The Balaban J connectivity index is 1.78. The van der Waals surface area contributed by atoms with Gasteiger partial charge >= 0.3 is 12.1 Å². The molecule has 0 spiro atoms. The SMILES string of the molecule is CCOC(=O)N1CCN(c2ccc(NS(=O)(=O)c3ccc(OC)cc3)cc2C(=O)O)CC1. The molecule has 1 amide bonds. The number of rotatable bonds is 7. The van der Waals surface area contributed by atoms with Crippen molar-refractivity contribution in [1.82, 2.24) is 4.90 Å². The fraction of sp³-hybridized carbons (Fsp3) is 0.333. The minimum Gasteiger partial charge on any atom is -0.497 e. The number of amides is 1. The van der Waals surface area contributed by atoms with E-state index in [4.69, 9.17) is 9.47 Å². The van der Waals surface area contributed by atoms with Crippen molar-refractivity contribution in [3.63, 3.8) is 0 Å². The Morgan fingerprint density at radius 2 is 1.72 bits per heavy atom. The van der Waals surface area contributed by atoms with Crippen LogP contribution in [-0.2, 0) is 14.8 Å². The van der Waals surface area contributed by atoms with E-state index in [1.807, 2.05) is 4.90 Å². The van der Waals surface area contributed by atoms with Crippen LogP contribution in [0.1, 0.15) is 17.3 Å². The first kappa shape index (κ1) is 23.2. The molecule has 0 aliphatic carbocycles. The quantitative estimate of drug-likeness (QED) is 0.642. The predicted octanol–water partition coefficient (Wildman–Crippen LogP) is 2.47. The molecule has 0 radical (unpaired) electrons. The van der Waals surface area contributed by atoms with Gasteiger partial charge in [0.2, 0.25) is 0 Å². The highest BCUT2D eigenvalue weighted by atomic mass is 32.2. The third kappa shape index (κ3) is 5.22. The van der Waals surface area contributed by atoms with Gasteiger partial charge in [0.15, 0.2) is 0 Å². The number of nitrogens with zero attached hydrogens (tertiary/aromatic N) is 2. The van der Waals surface area contributed by atoms with Crippen molar-refractivity contribution in [3.8, 4) is 5.75 Å². The van der Waals surface area contributed by atoms with Crippen LogP contribution in [0.2, 0.25) is 0 Å². The van der Waals surface area contributed by atoms with Gasteiger partial charge in [-0.1, -0.05) is 0 Å². The van der Waals surface area contributed by atoms with Crippen LogP contribution in [0.25, 0.3) is 0 Å². The number of aromatic carboxylic acids is 1. The molecule has 0 aromatic heterocycles. The van der Waals surface area contributed by atoms with Gasteiger partial charge in [-0.05, 0) is 49.4 Å². The number of anilines is 2. The van der Waals surface area contributed by atoms with Gasteiger partial charge in [0.05, 0.1) is 29.9 Å². The van der Waals surface area contributed by atoms with Gasteiger partial charge in [0.25, 0.3) is 10.0 Å². The number of nitrogens with one attached hydrogen (secondary N) is 1. The summed E-state index contributed by atoms with van der Waals surface area (Å²) in [6, 6.07) is 10.2. The standard InChI is InChI=1S/C21H25N3O7S/c1-3-31-21(27)24-12-10-23(11-13-24)19-9-4-15(14-18(19)20(25)26)22-32(28,29)17-7-5-16(30-2)6-8-17/h4-9,14,22H,3,10-13H2,1-2H3,(H,25,26). The average molecular weight is 464 g/mol. The van der Waals surface area contributed by atoms with Crippen LogP contribution >= 0.6 is 0 Å². The zero-order valence-electron chi connectivity index (χ0n) is 17.8. The van der Waals surface area contributed by atoms with E-state index in [1.54, 1.807) is 17.9 Å². The zero-order chi connectivity index (χ0) is 23.3. The number of benzene rings is 2. The van der Waals surface area contributed by atoms with E-state index in [0.717, 1.165) is 0 Å². The number of carbonyl (C=O) groups excluding carboxylic acids is 1. The Morgan fingerprint density at radius 1 is 1.06 bits per heavy atom. The monoisotopic (exact) mass is 463 g/mol. The maximum absolute atomic E-state index is 12.7. The molecule has 2 aromatic rings. The van der Waals surface area contributed by atoms with E-state index >= 15 is 0 Å². The number of methoxy groups -OCH3 is 1. The largest absolute Gasteiger partial charge is 0.497 e. The summed E-state index contributed by atoms with van der Waals surface area (Å²) >= 11 is 0. The molecule has 1 aliphatic rings. The molecule has 1 saturated heterocycles. The summed E-state index contributed by atoms with van der Waals surface area (Å²) in [7, 11) is -2.43. The molecule has 2 aromatic carbocycles. The van der Waals surface area contributed by atoms with E-state index in [-0.39, 0.29) is 22.8 Å². The van der Waals surface area contributed by atoms with Gasteiger partial charge < -0.3 is 24.4 Å². The molecular weight excluding hydrogens is 438 g/mol. The normalized spacial score (nSPS) is 14.1. The van der Waals surface area contributed by atoms with Crippen molar-refractivity contribution in [3.05, 3.63) is 48.0 Å². The summed E-state index contributed by atoms with van der Waals surface area (Å²) in [6.07, 6.45) is -0.395. The smallest absolute Gasteiger partial charge is 0.409 e. The Morgan fingerprint density at radius 3 is 2.28 bits per heavy atom. The minimum atomic E-state index is -3.91. The Labute approximate surface area is 186 Å². The van der Waals surface area contributed by atoms with E-state index in [1.165, 1.54) is 43.5 Å². The zero-order valence-corrected chi connectivity index (χ0v) is 18.6. The predicted molar refractivity (Wildman–Crippen MR) is 118 cm³/mol. The molecule has 11 heteroatoms. The summed E-state index contributed by atoms with van der Waals surface area (Å²) < 4.78 is 37.8. The molecule has 0 unspecified atom stereocenters. The number of piperazine rings is 1. The third-order valence-electron chi connectivity index (χ3n) is 5.00. The van der Waals surface area contributed by atoms with Crippen LogP contribution in [0.4, 0.5) is 16.2 Å². The minimum absolute atomic E-state index is 0.0225. The maximum atomic E-state index is 12.7. The fourth-order valence-electron chi connectivity index (χ4n) is 3.36. The number of carboxylic acid groups (broad SMARTS) is 1. The summed E-state index contributed by atoms with van der Waals surface area (Å²) in [4.78, 5) is 27.2. The van der Waals surface area contributed by atoms with Crippen LogP contribution in [-0.4, -0.2) is 70.4 Å². The topological polar surface area (TPSA) is 125 Å². The molecule has 10 nitrogen and oxygen atoms in total. The van der Waals surface area contributed by atoms with E-state index in [2.05, 4.69) is 4.72 Å². The highest BCUT2D eigenvalue weighted by Gasteiger charge is 2.25. The maximum Gasteiger partial charge on any atom is 0.409 e. The summed E-state index contributed by atoms with van der Waals surface area (Å²) in [5.74, 6) is -0.664. The van der Waals surface area contributed by atoms with Gasteiger partial charge in [-0.3, -0.25) is 4.72 Å². The second-order valence-corrected chi connectivity index (χ2v) is 8.67. The summed E-state index contributed by atoms with van der Waals surface area (Å²) in [6.45, 7) is 3.66. The van der Waals surface area contributed by atoms with Crippen molar-refractivity contribution in [2.24, 2.45) is 0 Å². The molecule has 2 N–H and O–H groups in total. The lowest BCUT2D eigenvalue weighted by atomic mass is 10.1. The summed E-state index contributed by atoms with van der Waals surface area (Å²) in [5, 5.41) is 9.70. The number of sulfonamides is 1. The Kier molecular flexibility index (Phi) is 7.08. The van der Waals surface area contributed by atoms with E-state index in [9.17, 15) is 23.1 Å². The van der Waals surface area contributed by atoms with Crippen molar-refractivity contribution in [2.45, 2.75) is 11.8 Å². The first-order chi connectivity index (χ1) is 15.2. The number of hydrogen-bond acceptors (Lipinski definition) is 7. The highest BCUT2D eigenvalue weighted by molar-refractivity contribution is 7.92. The van der Waals surface area contributed by atoms with Crippen LogP contribution in [0.3, 0.4) is 0 Å². The molecular formula is C21H25N3O7S. The molecule has 1 aliphatic heterocycles. The molecule has 0 saturated carbocycles. The van der Waals surface area contributed by atoms with Crippen molar-refractivity contribution < 1.29 is 32.6 Å². The van der Waals surface area contributed by atoms with Crippen LogP contribution in [0.15, 0.2) is 47.4 Å². The van der Waals surface area contributed by atoms with Crippen LogP contribution in [0.5, 0.6) is 5.75 Å². The Bertz CT molecular complexity index is 1080. The Hall–Kier alpha value is -3.47. The number of ether oxygens (including phenoxy) is 2. The van der Waals surface area contributed by atoms with Crippen molar-refractivity contribution in [1.29, 1.82) is 0 Å². The molecule has 3 rings (SSSR count). The highest BCUT2D eigenvalue weighted by Crippen LogP contribution is 2.27. The van der Waals surface area contributed by atoms with Gasteiger partial charge in [0, 0.05) is 31.9 Å².